The molecule has 5 heteroatoms. The van der Waals surface area contributed by atoms with Crippen LogP contribution in [0.3, 0.4) is 0 Å². The number of amides is 1. The number of hydrogen-bond acceptors (Lipinski definition) is 3. The highest BCUT2D eigenvalue weighted by molar-refractivity contribution is 5.88. The van der Waals surface area contributed by atoms with Crippen molar-refractivity contribution >= 4 is 5.91 Å². The van der Waals surface area contributed by atoms with Crippen LogP contribution < -0.4 is 0 Å². The second kappa shape index (κ2) is 7.13. The standard InChI is InChI=1S/C20H26FN3O/c1-15(2)18-13-24(19(25)20(14-22)8-9-20)11-3-10-23(18)12-16-4-6-17(21)7-5-16/h4-7,15,18H,3,8-13H2,1-2H3/t18-/m0/s1. The molecule has 25 heavy (non-hydrogen) atoms. The Labute approximate surface area is 149 Å². The number of rotatable bonds is 4. The molecule has 1 atom stereocenters. The summed E-state index contributed by atoms with van der Waals surface area (Å²) >= 11 is 0. The van der Waals surface area contributed by atoms with Gasteiger partial charge in [-0.05, 0) is 42.9 Å². The fraction of sp³-hybridized carbons (Fsp3) is 0.600. The van der Waals surface area contributed by atoms with Crippen LogP contribution in [0.5, 0.6) is 0 Å². The van der Waals surface area contributed by atoms with Gasteiger partial charge in [-0.15, -0.1) is 0 Å². The topological polar surface area (TPSA) is 47.3 Å². The summed E-state index contributed by atoms with van der Waals surface area (Å²) in [7, 11) is 0. The molecule has 0 spiro atoms. The molecule has 2 fully saturated rings. The van der Waals surface area contributed by atoms with Crippen molar-refractivity contribution < 1.29 is 9.18 Å². The minimum absolute atomic E-state index is 0.0179. The monoisotopic (exact) mass is 343 g/mol. The van der Waals surface area contributed by atoms with Gasteiger partial charge in [0.2, 0.25) is 5.91 Å². The van der Waals surface area contributed by atoms with Crippen LogP contribution in [0.2, 0.25) is 0 Å². The zero-order valence-corrected chi connectivity index (χ0v) is 15.0. The Balaban J connectivity index is 1.73. The summed E-state index contributed by atoms with van der Waals surface area (Å²) in [6.07, 6.45) is 2.30. The largest absolute Gasteiger partial charge is 0.340 e. The Bertz CT molecular complexity index is 661. The number of nitriles is 1. The van der Waals surface area contributed by atoms with E-state index in [9.17, 15) is 14.4 Å². The summed E-state index contributed by atoms with van der Waals surface area (Å²) in [5, 5.41) is 9.33. The lowest BCUT2D eigenvalue weighted by molar-refractivity contribution is -0.135. The fourth-order valence-corrected chi connectivity index (χ4v) is 3.70. The molecule has 1 saturated heterocycles. The van der Waals surface area contributed by atoms with Gasteiger partial charge in [-0.25, -0.2) is 4.39 Å². The molecule has 0 unspecified atom stereocenters. The third kappa shape index (κ3) is 3.85. The van der Waals surface area contributed by atoms with E-state index in [0.29, 0.717) is 31.8 Å². The second-order valence-corrected chi connectivity index (χ2v) is 7.71. The molecule has 1 aliphatic carbocycles. The van der Waals surface area contributed by atoms with Crippen LogP contribution >= 0.6 is 0 Å². The first-order chi connectivity index (χ1) is 11.9. The molecule has 1 aromatic rings. The van der Waals surface area contributed by atoms with Gasteiger partial charge in [0, 0.05) is 32.2 Å². The van der Waals surface area contributed by atoms with Crippen LogP contribution in [0.15, 0.2) is 24.3 Å². The predicted octanol–water partition coefficient (Wildman–Crippen LogP) is 3.19. The average molecular weight is 343 g/mol. The van der Waals surface area contributed by atoms with Crippen molar-refractivity contribution in [2.24, 2.45) is 11.3 Å². The molecular weight excluding hydrogens is 317 g/mol. The lowest BCUT2D eigenvalue weighted by atomic mass is 10.00. The lowest BCUT2D eigenvalue weighted by Gasteiger charge is -2.35. The minimum Gasteiger partial charge on any atom is -0.340 e. The minimum atomic E-state index is -0.742. The molecule has 0 bridgehead atoms. The average Bonchev–Trinajstić information content (AvgIpc) is 3.40. The Hall–Kier alpha value is -1.93. The first-order valence-electron chi connectivity index (χ1n) is 9.14. The van der Waals surface area contributed by atoms with E-state index >= 15 is 0 Å². The molecule has 1 saturated carbocycles. The van der Waals surface area contributed by atoms with Crippen molar-refractivity contribution in [2.75, 3.05) is 19.6 Å². The highest BCUT2D eigenvalue weighted by Crippen LogP contribution is 2.46. The van der Waals surface area contributed by atoms with Crippen LogP contribution in [0.4, 0.5) is 4.39 Å². The van der Waals surface area contributed by atoms with Gasteiger partial charge in [-0.2, -0.15) is 5.26 Å². The first-order valence-corrected chi connectivity index (χ1v) is 9.14. The van der Waals surface area contributed by atoms with E-state index in [2.05, 4.69) is 24.8 Å². The van der Waals surface area contributed by atoms with E-state index in [1.54, 1.807) is 0 Å². The summed E-state index contributed by atoms with van der Waals surface area (Å²) < 4.78 is 13.1. The zero-order chi connectivity index (χ0) is 18.0. The summed E-state index contributed by atoms with van der Waals surface area (Å²) in [6.45, 7) is 7.39. The summed E-state index contributed by atoms with van der Waals surface area (Å²) in [4.78, 5) is 17.1. The summed E-state index contributed by atoms with van der Waals surface area (Å²) in [6, 6.07) is 9.12. The van der Waals surface area contributed by atoms with Crippen molar-refractivity contribution in [1.82, 2.24) is 9.80 Å². The van der Waals surface area contributed by atoms with E-state index in [-0.39, 0.29) is 17.8 Å². The first kappa shape index (κ1) is 17.9. The quantitative estimate of drug-likeness (QED) is 0.843. The predicted molar refractivity (Wildman–Crippen MR) is 93.9 cm³/mol. The molecule has 4 nitrogen and oxygen atoms in total. The third-order valence-corrected chi connectivity index (χ3v) is 5.48. The maximum absolute atomic E-state index is 13.1. The van der Waals surface area contributed by atoms with E-state index in [4.69, 9.17) is 0 Å². The number of halogens is 1. The van der Waals surface area contributed by atoms with Gasteiger partial charge in [0.05, 0.1) is 6.07 Å². The molecule has 0 radical (unpaired) electrons. The molecule has 1 aromatic carbocycles. The van der Waals surface area contributed by atoms with Crippen molar-refractivity contribution in [3.05, 3.63) is 35.6 Å². The van der Waals surface area contributed by atoms with Gasteiger partial charge in [-0.1, -0.05) is 26.0 Å². The maximum atomic E-state index is 13.1. The molecule has 1 heterocycles. The van der Waals surface area contributed by atoms with Gasteiger partial charge in [0.1, 0.15) is 11.2 Å². The van der Waals surface area contributed by atoms with Crippen LogP contribution in [0.25, 0.3) is 0 Å². The zero-order valence-electron chi connectivity index (χ0n) is 15.0. The third-order valence-electron chi connectivity index (χ3n) is 5.48. The number of nitrogens with zero attached hydrogens (tertiary/aromatic N) is 3. The molecule has 1 aliphatic heterocycles. The van der Waals surface area contributed by atoms with E-state index in [1.165, 1.54) is 12.1 Å². The molecular formula is C20H26FN3O. The van der Waals surface area contributed by atoms with Crippen LogP contribution in [0, 0.1) is 28.5 Å². The van der Waals surface area contributed by atoms with Crippen molar-refractivity contribution in [3.8, 4) is 6.07 Å². The number of carbonyl (C=O) groups is 1. The Morgan fingerprint density at radius 3 is 2.56 bits per heavy atom. The van der Waals surface area contributed by atoms with Gasteiger partial charge in [0.25, 0.3) is 0 Å². The fourth-order valence-electron chi connectivity index (χ4n) is 3.70. The highest BCUT2D eigenvalue weighted by atomic mass is 19.1. The number of hydrogen-bond donors (Lipinski definition) is 0. The van der Waals surface area contributed by atoms with Gasteiger partial charge < -0.3 is 4.90 Å². The molecule has 0 aromatic heterocycles. The Kier molecular flexibility index (Phi) is 5.10. The van der Waals surface area contributed by atoms with Gasteiger partial charge in [0.15, 0.2) is 0 Å². The van der Waals surface area contributed by atoms with Crippen molar-refractivity contribution in [2.45, 2.75) is 45.7 Å². The molecule has 2 aliphatic rings. The molecule has 1 amide bonds. The lowest BCUT2D eigenvalue weighted by Crippen LogP contribution is -2.47. The normalized spacial score (nSPS) is 23.2. The Morgan fingerprint density at radius 1 is 1.32 bits per heavy atom. The van der Waals surface area contributed by atoms with E-state index < -0.39 is 5.41 Å². The summed E-state index contributed by atoms with van der Waals surface area (Å²) in [5.41, 5.74) is 0.343. The second-order valence-electron chi connectivity index (χ2n) is 7.71. The molecule has 3 rings (SSSR count). The van der Waals surface area contributed by atoms with Crippen molar-refractivity contribution in [1.29, 1.82) is 5.26 Å². The smallest absolute Gasteiger partial charge is 0.243 e. The van der Waals surface area contributed by atoms with Crippen molar-refractivity contribution in [3.63, 3.8) is 0 Å². The Morgan fingerprint density at radius 2 is 2.00 bits per heavy atom. The highest BCUT2D eigenvalue weighted by Gasteiger charge is 2.53. The van der Waals surface area contributed by atoms with Crippen LogP contribution in [0.1, 0.15) is 38.7 Å². The van der Waals surface area contributed by atoms with Crippen LogP contribution in [-0.2, 0) is 11.3 Å². The number of benzene rings is 1. The summed E-state index contributed by atoms with van der Waals surface area (Å²) in [5.74, 6) is 0.193. The SMILES string of the molecule is CC(C)[C@@H]1CN(C(=O)C2(C#N)CC2)CCCN1Cc1ccc(F)cc1. The molecule has 134 valence electrons. The number of carbonyl (C=O) groups excluding carboxylic acids is 1. The van der Waals surface area contributed by atoms with Gasteiger partial charge in [-0.3, -0.25) is 9.69 Å². The van der Waals surface area contributed by atoms with E-state index in [1.807, 2.05) is 17.0 Å². The molecule has 0 N–H and O–H groups in total. The van der Waals surface area contributed by atoms with Gasteiger partial charge >= 0.3 is 0 Å². The van der Waals surface area contributed by atoms with E-state index in [0.717, 1.165) is 25.1 Å². The maximum Gasteiger partial charge on any atom is 0.243 e. The van der Waals surface area contributed by atoms with Crippen LogP contribution in [-0.4, -0.2) is 41.4 Å².